The fourth-order valence-electron chi connectivity index (χ4n) is 2.64. The van der Waals surface area contributed by atoms with Crippen molar-refractivity contribution in [2.24, 2.45) is 5.92 Å². The Morgan fingerprint density at radius 3 is 2.86 bits per heavy atom. The Bertz CT molecular complexity index is 546. The number of para-hydroxylation sites is 1. The van der Waals surface area contributed by atoms with Gasteiger partial charge in [-0.2, -0.15) is 0 Å². The number of hydrogen-bond donors (Lipinski definition) is 2. The van der Waals surface area contributed by atoms with Crippen LogP contribution in [0.5, 0.6) is 5.75 Å². The van der Waals surface area contributed by atoms with Crippen LogP contribution in [-0.2, 0) is 0 Å². The van der Waals surface area contributed by atoms with E-state index in [9.17, 15) is 20.0 Å². The van der Waals surface area contributed by atoms with E-state index < -0.39 is 16.9 Å². The van der Waals surface area contributed by atoms with Crippen molar-refractivity contribution < 1.29 is 19.6 Å². The van der Waals surface area contributed by atoms with Crippen LogP contribution in [0.4, 0.5) is 5.69 Å². The zero-order chi connectivity index (χ0) is 15.4. The SMILES string of the molecule is COc1c(C(=O)NCC2CCCC2O)cccc1[N+](=O)[O-]. The summed E-state index contributed by atoms with van der Waals surface area (Å²) < 4.78 is 5.00. The number of aliphatic hydroxyl groups excluding tert-OH is 1. The van der Waals surface area contributed by atoms with Gasteiger partial charge in [0.05, 0.1) is 23.7 Å². The number of rotatable bonds is 5. The first-order valence-electron chi connectivity index (χ1n) is 6.82. The summed E-state index contributed by atoms with van der Waals surface area (Å²) in [7, 11) is 1.29. The van der Waals surface area contributed by atoms with Gasteiger partial charge in [0.2, 0.25) is 5.75 Å². The molecule has 1 amide bonds. The van der Waals surface area contributed by atoms with Gasteiger partial charge in [0.25, 0.3) is 5.91 Å². The highest BCUT2D eigenvalue weighted by molar-refractivity contribution is 5.98. The van der Waals surface area contributed by atoms with Gasteiger partial charge in [-0.15, -0.1) is 0 Å². The molecule has 0 radical (unpaired) electrons. The van der Waals surface area contributed by atoms with E-state index in [-0.39, 0.29) is 22.9 Å². The van der Waals surface area contributed by atoms with E-state index in [1.54, 1.807) is 0 Å². The number of carbonyl (C=O) groups is 1. The van der Waals surface area contributed by atoms with Crippen molar-refractivity contribution >= 4 is 11.6 Å². The van der Waals surface area contributed by atoms with Gasteiger partial charge in [0, 0.05) is 18.5 Å². The van der Waals surface area contributed by atoms with Crippen LogP contribution in [0.1, 0.15) is 29.6 Å². The van der Waals surface area contributed by atoms with Crippen LogP contribution in [0.3, 0.4) is 0 Å². The number of nitrogens with one attached hydrogen (secondary N) is 1. The molecule has 1 aromatic carbocycles. The van der Waals surface area contributed by atoms with Crippen LogP contribution in [0.25, 0.3) is 0 Å². The Morgan fingerprint density at radius 1 is 1.52 bits per heavy atom. The number of nitrogens with zero attached hydrogens (tertiary/aromatic N) is 1. The fraction of sp³-hybridized carbons (Fsp3) is 0.500. The maximum Gasteiger partial charge on any atom is 0.311 e. The van der Waals surface area contributed by atoms with Gasteiger partial charge in [-0.05, 0) is 18.9 Å². The molecule has 114 valence electrons. The van der Waals surface area contributed by atoms with E-state index in [0.29, 0.717) is 6.54 Å². The van der Waals surface area contributed by atoms with Crippen LogP contribution in [-0.4, -0.2) is 35.7 Å². The topological polar surface area (TPSA) is 102 Å². The van der Waals surface area contributed by atoms with Crippen molar-refractivity contribution in [2.75, 3.05) is 13.7 Å². The molecule has 0 bridgehead atoms. The molecule has 0 heterocycles. The molecule has 0 spiro atoms. The number of hydrogen-bond acceptors (Lipinski definition) is 5. The molecule has 2 atom stereocenters. The molecule has 7 nitrogen and oxygen atoms in total. The molecule has 2 N–H and O–H groups in total. The Labute approximate surface area is 122 Å². The fourth-order valence-corrected chi connectivity index (χ4v) is 2.64. The van der Waals surface area contributed by atoms with Crippen molar-refractivity contribution in [3.05, 3.63) is 33.9 Å². The van der Waals surface area contributed by atoms with Gasteiger partial charge in [0.15, 0.2) is 0 Å². The molecule has 2 rings (SSSR count). The molecule has 1 aliphatic carbocycles. The predicted octanol–water partition coefficient (Wildman–Crippen LogP) is 1.49. The molecule has 0 aliphatic heterocycles. The molecule has 1 saturated carbocycles. The number of methoxy groups -OCH3 is 1. The van der Waals surface area contributed by atoms with Crippen molar-refractivity contribution in [1.29, 1.82) is 0 Å². The second-order valence-electron chi connectivity index (χ2n) is 5.08. The lowest BCUT2D eigenvalue weighted by Gasteiger charge is -2.15. The standard InChI is InChI=1S/C14H18N2O5/c1-21-13-10(5-3-6-11(13)16(19)20)14(18)15-8-9-4-2-7-12(9)17/h3,5-6,9,12,17H,2,4,7-8H2,1H3,(H,15,18). The molecular formula is C14H18N2O5. The monoisotopic (exact) mass is 294 g/mol. The highest BCUT2D eigenvalue weighted by atomic mass is 16.6. The predicted molar refractivity (Wildman–Crippen MR) is 75.3 cm³/mol. The summed E-state index contributed by atoms with van der Waals surface area (Å²) >= 11 is 0. The Balaban J connectivity index is 2.11. The van der Waals surface area contributed by atoms with Crippen LogP contribution in [0.15, 0.2) is 18.2 Å². The largest absolute Gasteiger partial charge is 0.490 e. The third kappa shape index (κ3) is 3.30. The number of amides is 1. The second-order valence-corrected chi connectivity index (χ2v) is 5.08. The molecule has 1 aromatic rings. The number of nitro groups is 1. The van der Waals surface area contributed by atoms with Gasteiger partial charge in [-0.25, -0.2) is 0 Å². The van der Waals surface area contributed by atoms with Gasteiger partial charge >= 0.3 is 5.69 Å². The summed E-state index contributed by atoms with van der Waals surface area (Å²) in [6.45, 7) is 0.353. The number of carbonyl (C=O) groups excluding carboxylic acids is 1. The highest BCUT2D eigenvalue weighted by Gasteiger charge is 2.27. The van der Waals surface area contributed by atoms with Crippen LogP contribution >= 0.6 is 0 Å². The molecule has 21 heavy (non-hydrogen) atoms. The number of ether oxygens (including phenoxy) is 1. The summed E-state index contributed by atoms with van der Waals surface area (Å²) in [4.78, 5) is 22.5. The van der Waals surface area contributed by atoms with E-state index in [0.717, 1.165) is 19.3 Å². The van der Waals surface area contributed by atoms with Crippen molar-refractivity contribution in [3.63, 3.8) is 0 Å². The second kappa shape index (κ2) is 6.53. The summed E-state index contributed by atoms with van der Waals surface area (Å²) in [5.41, 5.74) is -0.120. The van der Waals surface area contributed by atoms with Crippen LogP contribution in [0, 0.1) is 16.0 Å². The van der Waals surface area contributed by atoms with Crippen molar-refractivity contribution in [2.45, 2.75) is 25.4 Å². The van der Waals surface area contributed by atoms with Crippen LogP contribution < -0.4 is 10.1 Å². The summed E-state index contributed by atoms with van der Waals surface area (Å²) in [5.74, 6) is -0.444. The molecular weight excluding hydrogens is 276 g/mol. The van der Waals surface area contributed by atoms with Crippen molar-refractivity contribution in [1.82, 2.24) is 5.32 Å². The molecule has 7 heteroatoms. The lowest BCUT2D eigenvalue weighted by molar-refractivity contribution is -0.385. The Morgan fingerprint density at radius 2 is 2.29 bits per heavy atom. The van der Waals surface area contributed by atoms with E-state index in [1.165, 1.54) is 25.3 Å². The maximum atomic E-state index is 12.2. The zero-order valence-electron chi connectivity index (χ0n) is 11.7. The van der Waals surface area contributed by atoms with E-state index >= 15 is 0 Å². The average Bonchev–Trinajstić information content (AvgIpc) is 2.89. The molecule has 1 fully saturated rings. The normalized spacial score (nSPS) is 21.0. The molecule has 2 unspecified atom stereocenters. The number of nitro benzene ring substituents is 1. The van der Waals surface area contributed by atoms with Gasteiger partial charge in [-0.1, -0.05) is 12.5 Å². The maximum absolute atomic E-state index is 12.2. The summed E-state index contributed by atoms with van der Waals surface area (Å²) in [6, 6.07) is 4.21. The first kappa shape index (κ1) is 15.2. The quantitative estimate of drug-likeness (QED) is 0.633. The third-order valence-electron chi connectivity index (χ3n) is 3.78. The van der Waals surface area contributed by atoms with Gasteiger partial charge in [-0.3, -0.25) is 14.9 Å². The smallest absolute Gasteiger partial charge is 0.311 e. The minimum absolute atomic E-state index is 0.0404. The average molecular weight is 294 g/mol. The minimum Gasteiger partial charge on any atom is -0.490 e. The first-order valence-corrected chi connectivity index (χ1v) is 6.82. The Kier molecular flexibility index (Phi) is 4.74. The molecule has 1 aliphatic rings. The minimum atomic E-state index is -0.587. The van der Waals surface area contributed by atoms with Gasteiger partial charge in [0.1, 0.15) is 0 Å². The zero-order valence-corrected chi connectivity index (χ0v) is 11.7. The number of benzene rings is 1. The van der Waals surface area contributed by atoms with Crippen LogP contribution in [0.2, 0.25) is 0 Å². The van der Waals surface area contributed by atoms with E-state index in [2.05, 4.69) is 5.32 Å². The first-order chi connectivity index (χ1) is 10.0. The molecule has 0 saturated heterocycles. The van der Waals surface area contributed by atoms with Crippen molar-refractivity contribution in [3.8, 4) is 5.75 Å². The summed E-state index contributed by atoms with van der Waals surface area (Å²) in [5, 5.41) is 23.4. The lowest BCUT2D eigenvalue weighted by atomic mass is 10.1. The molecule has 0 aromatic heterocycles. The van der Waals surface area contributed by atoms with Gasteiger partial charge < -0.3 is 15.2 Å². The highest BCUT2D eigenvalue weighted by Crippen LogP contribution is 2.30. The number of aliphatic hydroxyl groups is 1. The summed E-state index contributed by atoms with van der Waals surface area (Å²) in [6.07, 6.45) is 2.17. The van der Waals surface area contributed by atoms with E-state index in [1.807, 2.05) is 0 Å². The Hall–Kier alpha value is -2.15. The lowest BCUT2D eigenvalue weighted by Crippen LogP contribution is -2.32. The van der Waals surface area contributed by atoms with E-state index in [4.69, 9.17) is 4.74 Å². The third-order valence-corrected chi connectivity index (χ3v) is 3.78.